The Labute approximate surface area is 232 Å². The average molecular weight is 541 g/mol. The molecular formula is C31H32N4O5. The van der Waals surface area contributed by atoms with Crippen LogP contribution in [-0.4, -0.2) is 62.8 Å². The maximum atomic E-state index is 13.0. The highest BCUT2D eigenvalue weighted by molar-refractivity contribution is 6.05. The number of hydrogen-bond acceptors (Lipinski definition) is 7. The number of carbonyl (C=O) groups is 3. The number of likely N-dealkylation sites (tertiary alicyclic amines) is 1. The number of benzene rings is 2. The molecule has 2 unspecified atom stereocenters. The zero-order valence-electron chi connectivity index (χ0n) is 22.3. The fourth-order valence-corrected chi connectivity index (χ4v) is 6.41. The van der Waals surface area contributed by atoms with E-state index in [-0.39, 0.29) is 24.3 Å². The van der Waals surface area contributed by atoms with Gasteiger partial charge in [-0.15, -0.1) is 0 Å². The minimum atomic E-state index is -0.751. The van der Waals surface area contributed by atoms with Crippen LogP contribution in [0.25, 0.3) is 10.9 Å². The Morgan fingerprint density at radius 2 is 1.93 bits per heavy atom. The molecule has 206 valence electrons. The van der Waals surface area contributed by atoms with Gasteiger partial charge in [0.1, 0.15) is 23.5 Å². The molecule has 0 spiro atoms. The van der Waals surface area contributed by atoms with Crippen molar-refractivity contribution < 1.29 is 24.2 Å². The van der Waals surface area contributed by atoms with Gasteiger partial charge in [0.25, 0.3) is 5.91 Å². The summed E-state index contributed by atoms with van der Waals surface area (Å²) in [5.74, 6) is -0.143. The summed E-state index contributed by atoms with van der Waals surface area (Å²) in [5, 5.41) is 14.1. The molecular weight excluding hydrogens is 508 g/mol. The normalized spacial score (nSPS) is 24.2. The Balaban J connectivity index is 0.971. The van der Waals surface area contributed by atoms with Gasteiger partial charge in [0.2, 0.25) is 11.8 Å². The van der Waals surface area contributed by atoms with Crippen molar-refractivity contribution >= 4 is 28.6 Å². The van der Waals surface area contributed by atoms with E-state index in [1.807, 2.05) is 24.3 Å². The van der Waals surface area contributed by atoms with Gasteiger partial charge in [-0.05, 0) is 79.6 Å². The van der Waals surface area contributed by atoms with Crippen LogP contribution in [0.2, 0.25) is 0 Å². The van der Waals surface area contributed by atoms with Crippen molar-refractivity contribution in [2.45, 2.75) is 69.4 Å². The number of aromatic nitrogens is 1. The van der Waals surface area contributed by atoms with Crippen LogP contribution in [0, 0.1) is 0 Å². The van der Waals surface area contributed by atoms with Crippen LogP contribution in [0.3, 0.4) is 0 Å². The molecule has 1 aromatic heterocycles. The molecule has 3 amide bonds. The Morgan fingerprint density at radius 1 is 1.05 bits per heavy atom. The summed E-state index contributed by atoms with van der Waals surface area (Å²) in [6.45, 7) is 2.90. The molecule has 2 atom stereocenters. The molecule has 9 heteroatoms. The third kappa shape index (κ3) is 4.53. The summed E-state index contributed by atoms with van der Waals surface area (Å²) in [5.41, 5.74) is 3.59. The lowest BCUT2D eigenvalue weighted by Gasteiger charge is -2.36. The summed E-state index contributed by atoms with van der Waals surface area (Å²) in [7, 11) is 0. The van der Waals surface area contributed by atoms with Gasteiger partial charge in [-0.2, -0.15) is 0 Å². The number of amides is 3. The van der Waals surface area contributed by atoms with Crippen molar-refractivity contribution in [3.05, 3.63) is 70.9 Å². The van der Waals surface area contributed by atoms with E-state index in [2.05, 4.69) is 28.4 Å². The highest BCUT2D eigenvalue weighted by atomic mass is 16.5. The first kappa shape index (κ1) is 25.2. The molecule has 1 aliphatic carbocycles. The molecule has 2 aromatic carbocycles. The smallest absolute Gasteiger partial charge is 0.255 e. The van der Waals surface area contributed by atoms with Gasteiger partial charge in [0.15, 0.2) is 0 Å². The van der Waals surface area contributed by atoms with Gasteiger partial charge in [-0.3, -0.25) is 24.6 Å². The zero-order chi connectivity index (χ0) is 27.4. The van der Waals surface area contributed by atoms with Gasteiger partial charge >= 0.3 is 0 Å². The first-order valence-corrected chi connectivity index (χ1v) is 14.1. The third-order valence-corrected chi connectivity index (χ3v) is 8.84. The predicted octanol–water partition coefficient (Wildman–Crippen LogP) is 3.02. The second-order valence-corrected chi connectivity index (χ2v) is 11.6. The third-order valence-electron chi connectivity index (χ3n) is 8.84. The summed E-state index contributed by atoms with van der Waals surface area (Å²) in [4.78, 5) is 45.4. The molecule has 40 heavy (non-hydrogen) atoms. The monoisotopic (exact) mass is 540 g/mol. The fourth-order valence-electron chi connectivity index (χ4n) is 6.41. The molecule has 3 aromatic rings. The van der Waals surface area contributed by atoms with Crippen LogP contribution in [-0.2, 0) is 28.3 Å². The van der Waals surface area contributed by atoms with Crippen molar-refractivity contribution in [2.24, 2.45) is 0 Å². The second kappa shape index (κ2) is 9.67. The number of nitrogens with zero attached hydrogens (tertiary/aromatic N) is 3. The molecule has 1 saturated carbocycles. The van der Waals surface area contributed by atoms with E-state index < -0.39 is 17.6 Å². The van der Waals surface area contributed by atoms with Gasteiger partial charge in [0, 0.05) is 43.5 Å². The van der Waals surface area contributed by atoms with Crippen molar-refractivity contribution in [3.8, 4) is 5.75 Å². The first-order chi connectivity index (χ1) is 19.3. The summed E-state index contributed by atoms with van der Waals surface area (Å²) in [6.07, 6.45) is 4.17. The first-order valence-electron chi connectivity index (χ1n) is 14.1. The number of imide groups is 1. The van der Waals surface area contributed by atoms with Gasteiger partial charge in [-0.25, -0.2) is 4.98 Å². The van der Waals surface area contributed by atoms with Crippen LogP contribution in [0.4, 0.5) is 0 Å². The zero-order valence-corrected chi connectivity index (χ0v) is 22.3. The highest BCUT2D eigenvalue weighted by Crippen LogP contribution is 2.40. The highest BCUT2D eigenvalue weighted by Gasteiger charge is 2.40. The standard InChI is InChI=1S/C31H32N4O5/c36-28-9-7-26(29(37)33-28)35-17-21-15-22(4-5-24(21)30(35)38)40-23-10-13-34(18-23)16-19-2-6-25-20(14-19)3-8-27(32-25)31(39)11-1-12-31/h2-6,8,14-15,23,26,39H,1,7,9-13,16-18H2,(H,33,36,37). The SMILES string of the molecule is O=C1CCC(N2Cc3cc(OC4CCN(Cc5ccc6nc(C7(O)CCC7)ccc6c5)C4)ccc3C2=O)C(=O)N1. The average Bonchev–Trinajstić information content (AvgIpc) is 3.50. The molecule has 0 radical (unpaired) electrons. The minimum Gasteiger partial charge on any atom is -0.489 e. The van der Waals surface area contributed by atoms with Crippen molar-refractivity contribution in [1.29, 1.82) is 0 Å². The van der Waals surface area contributed by atoms with E-state index in [0.29, 0.717) is 18.5 Å². The van der Waals surface area contributed by atoms with Crippen LogP contribution in [0.5, 0.6) is 5.75 Å². The van der Waals surface area contributed by atoms with Crippen LogP contribution >= 0.6 is 0 Å². The predicted molar refractivity (Wildman–Crippen MR) is 146 cm³/mol. The lowest BCUT2D eigenvalue weighted by Crippen LogP contribution is -2.52. The molecule has 3 aliphatic heterocycles. The maximum Gasteiger partial charge on any atom is 0.255 e. The lowest BCUT2D eigenvalue weighted by molar-refractivity contribution is -0.136. The van der Waals surface area contributed by atoms with Gasteiger partial charge < -0.3 is 14.7 Å². The summed E-state index contributed by atoms with van der Waals surface area (Å²) in [6, 6.07) is 15.3. The molecule has 2 N–H and O–H groups in total. The van der Waals surface area contributed by atoms with E-state index >= 15 is 0 Å². The molecule has 4 heterocycles. The van der Waals surface area contributed by atoms with E-state index in [0.717, 1.165) is 73.2 Å². The number of aliphatic hydroxyl groups is 1. The number of carbonyl (C=O) groups excluding carboxylic acids is 3. The minimum absolute atomic E-state index is 0.0503. The fraction of sp³-hybridized carbons (Fsp3) is 0.419. The lowest BCUT2D eigenvalue weighted by atomic mass is 9.77. The van der Waals surface area contributed by atoms with Crippen molar-refractivity contribution in [2.75, 3.05) is 13.1 Å². The molecule has 3 fully saturated rings. The van der Waals surface area contributed by atoms with Crippen LogP contribution in [0.15, 0.2) is 48.5 Å². The van der Waals surface area contributed by atoms with E-state index in [1.54, 1.807) is 11.0 Å². The second-order valence-electron chi connectivity index (χ2n) is 11.6. The van der Waals surface area contributed by atoms with Gasteiger partial charge in [0.05, 0.1) is 11.2 Å². The van der Waals surface area contributed by atoms with E-state index in [1.165, 1.54) is 5.56 Å². The summed E-state index contributed by atoms with van der Waals surface area (Å²) < 4.78 is 6.32. The molecule has 7 rings (SSSR count). The number of hydrogen-bond donors (Lipinski definition) is 2. The van der Waals surface area contributed by atoms with Crippen molar-refractivity contribution in [3.63, 3.8) is 0 Å². The van der Waals surface area contributed by atoms with Crippen LogP contribution < -0.4 is 10.1 Å². The largest absolute Gasteiger partial charge is 0.489 e. The number of rotatable bonds is 6. The number of ether oxygens (including phenoxy) is 1. The Hall–Kier alpha value is -3.82. The Kier molecular flexibility index (Phi) is 6.09. The van der Waals surface area contributed by atoms with E-state index in [4.69, 9.17) is 9.72 Å². The number of nitrogens with one attached hydrogen (secondary N) is 1. The van der Waals surface area contributed by atoms with E-state index in [9.17, 15) is 19.5 Å². The quantitative estimate of drug-likeness (QED) is 0.463. The van der Waals surface area contributed by atoms with Gasteiger partial charge in [-0.1, -0.05) is 12.1 Å². The number of fused-ring (bicyclic) bond motifs is 2. The summed E-state index contributed by atoms with van der Waals surface area (Å²) >= 11 is 0. The maximum absolute atomic E-state index is 13.0. The molecule has 0 bridgehead atoms. The molecule has 2 saturated heterocycles. The van der Waals surface area contributed by atoms with Crippen molar-refractivity contribution in [1.82, 2.24) is 20.1 Å². The number of piperidine rings is 1. The van der Waals surface area contributed by atoms with Crippen LogP contribution in [0.1, 0.15) is 65.7 Å². The molecule has 9 nitrogen and oxygen atoms in total. The molecule has 4 aliphatic rings. The topological polar surface area (TPSA) is 112 Å². The Morgan fingerprint density at radius 3 is 2.73 bits per heavy atom. The Bertz CT molecular complexity index is 1530. The number of pyridine rings is 1.